The predicted molar refractivity (Wildman–Crippen MR) is 81.3 cm³/mol. The zero-order chi connectivity index (χ0) is 14.3. The van der Waals surface area contributed by atoms with Gasteiger partial charge in [-0.3, -0.25) is 0 Å². The average molecular weight is 286 g/mol. The minimum atomic E-state index is -0.195. The Morgan fingerprint density at radius 2 is 2.00 bits per heavy atom. The molecule has 2 atom stereocenters. The van der Waals surface area contributed by atoms with Crippen molar-refractivity contribution in [3.05, 3.63) is 34.6 Å². The van der Waals surface area contributed by atoms with Gasteiger partial charge in [-0.05, 0) is 43.9 Å². The van der Waals surface area contributed by atoms with E-state index in [2.05, 4.69) is 26.1 Å². The summed E-state index contributed by atoms with van der Waals surface area (Å²) >= 11 is 6.12. The van der Waals surface area contributed by atoms with E-state index in [-0.39, 0.29) is 11.9 Å². The first-order chi connectivity index (χ1) is 9.10. The highest BCUT2D eigenvalue weighted by Crippen LogP contribution is 2.23. The quantitative estimate of drug-likeness (QED) is 0.722. The molecular formula is C16H25ClFN. The van der Waals surface area contributed by atoms with Gasteiger partial charge < -0.3 is 5.32 Å². The molecule has 0 amide bonds. The largest absolute Gasteiger partial charge is 0.313 e. The normalized spacial score (nSPS) is 14.4. The topological polar surface area (TPSA) is 12.0 Å². The third-order valence-electron chi connectivity index (χ3n) is 3.57. The SMILES string of the molecule is CCCNC(Cc1c(F)cccc1Cl)C(C)CCC. The number of rotatable bonds is 8. The molecule has 1 aromatic rings. The summed E-state index contributed by atoms with van der Waals surface area (Å²) in [5.41, 5.74) is 0.640. The molecule has 3 heteroatoms. The van der Waals surface area contributed by atoms with Gasteiger partial charge in [0.2, 0.25) is 0 Å². The molecule has 108 valence electrons. The van der Waals surface area contributed by atoms with Crippen molar-refractivity contribution in [2.45, 2.75) is 52.5 Å². The minimum Gasteiger partial charge on any atom is -0.313 e. The second-order valence-electron chi connectivity index (χ2n) is 5.23. The van der Waals surface area contributed by atoms with Crippen LogP contribution in [0.1, 0.15) is 45.6 Å². The lowest BCUT2D eigenvalue weighted by molar-refractivity contribution is 0.349. The molecule has 2 unspecified atom stereocenters. The van der Waals surface area contributed by atoms with Crippen LogP contribution in [0.4, 0.5) is 4.39 Å². The molecule has 1 nitrogen and oxygen atoms in total. The van der Waals surface area contributed by atoms with Gasteiger partial charge in [0, 0.05) is 16.6 Å². The van der Waals surface area contributed by atoms with Gasteiger partial charge in [-0.1, -0.05) is 44.9 Å². The predicted octanol–water partition coefficient (Wildman–Crippen LogP) is 4.83. The van der Waals surface area contributed by atoms with Crippen molar-refractivity contribution in [1.82, 2.24) is 5.32 Å². The minimum absolute atomic E-state index is 0.195. The van der Waals surface area contributed by atoms with E-state index >= 15 is 0 Å². The molecular weight excluding hydrogens is 261 g/mol. The number of hydrogen-bond acceptors (Lipinski definition) is 1. The fraction of sp³-hybridized carbons (Fsp3) is 0.625. The highest BCUT2D eigenvalue weighted by molar-refractivity contribution is 6.31. The van der Waals surface area contributed by atoms with Crippen LogP contribution in [0, 0.1) is 11.7 Å². The lowest BCUT2D eigenvalue weighted by Crippen LogP contribution is -2.37. The third kappa shape index (κ3) is 5.12. The van der Waals surface area contributed by atoms with Gasteiger partial charge >= 0.3 is 0 Å². The second kappa shape index (κ2) is 8.55. The van der Waals surface area contributed by atoms with E-state index in [1.165, 1.54) is 6.07 Å². The van der Waals surface area contributed by atoms with E-state index in [1.807, 2.05) is 0 Å². The number of hydrogen-bond donors (Lipinski definition) is 1. The molecule has 1 aromatic carbocycles. The molecule has 0 aliphatic rings. The summed E-state index contributed by atoms with van der Waals surface area (Å²) in [4.78, 5) is 0. The fourth-order valence-corrected chi connectivity index (χ4v) is 2.65. The molecule has 0 bridgehead atoms. The molecule has 1 rings (SSSR count). The Kier molecular flexibility index (Phi) is 7.40. The summed E-state index contributed by atoms with van der Waals surface area (Å²) in [5, 5.41) is 4.07. The summed E-state index contributed by atoms with van der Waals surface area (Å²) in [7, 11) is 0. The Labute approximate surface area is 121 Å². The second-order valence-corrected chi connectivity index (χ2v) is 5.64. The van der Waals surface area contributed by atoms with Gasteiger partial charge in [-0.2, -0.15) is 0 Å². The van der Waals surface area contributed by atoms with Gasteiger partial charge in [0.25, 0.3) is 0 Å². The smallest absolute Gasteiger partial charge is 0.127 e. The van der Waals surface area contributed by atoms with Gasteiger partial charge in [-0.15, -0.1) is 0 Å². The van der Waals surface area contributed by atoms with E-state index in [4.69, 9.17) is 11.6 Å². The Morgan fingerprint density at radius 3 is 2.58 bits per heavy atom. The maximum absolute atomic E-state index is 13.9. The lowest BCUT2D eigenvalue weighted by Gasteiger charge is -2.25. The van der Waals surface area contributed by atoms with Crippen molar-refractivity contribution >= 4 is 11.6 Å². The van der Waals surface area contributed by atoms with Gasteiger partial charge in [0.1, 0.15) is 5.82 Å². The molecule has 1 N–H and O–H groups in total. The van der Waals surface area contributed by atoms with E-state index in [0.29, 0.717) is 22.9 Å². The number of benzene rings is 1. The number of nitrogens with one attached hydrogen (secondary N) is 1. The third-order valence-corrected chi connectivity index (χ3v) is 3.93. The molecule has 0 aliphatic heterocycles. The van der Waals surface area contributed by atoms with Crippen molar-refractivity contribution in [2.24, 2.45) is 5.92 Å². The van der Waals surface area contributed by atoms with Crippen LogP contribution in [-0.4, -0.2) is 12.6 Å². The van der Waals surface area contributed by atoms with Crippen LogP contribution < -0.4 is 5.32 Å². The maximum atomic E-state index is 13.9. The summed E-state index contributed by atoms with van der Waals surface area (Å²) in [6, 6.07) is 5.20. The van der Waals surface area contributed by atoms with Crippen molar-refractivity contribution in [3.8, 4) is 0 Å². The van der Waals surface area contributed by atoms with E-state index in [9.17, 15) is 4.39 Å². The molecule has 0 radical (unpaired) electrons. The summed E-state index contributed by atoms with van der Waals surface area (Å²) < 4.78 is 13.9. The first kappa shape index (κ1) is 16.5. The first-order valence-electron chi connectivity index (χ1n) is 7.26. The van der Waals surface area contributed by atoms with E-state index in [0.717, 1.165) is 25.8 Å². The molecule has 0 spiro atoms. The van der Waals surface area contributed by atoms with Gasteiger partial charge in [0.15, 0.2) is 0 Å². The van der Waals surface area contributed by atoms with Crippen LogP contribution in [-0.2, 0) is 6.42 Å². The van der Waals surface area contributed by atoms with Gasteiger partial charge in [0.05, 0.1) is 0 Å². The van der Waals surface area contributed by atoms with Crippen molar-refractivity contribution < 1.29 is 4.39 Å². The Morgan fingerprint density at radius 1 is 1.26 bits per heavy atom. The molecule has 19 heavy (non-hydrogen) atoms. The molecule has 0 saturated carbocycles. The van der Waals surface area contributed by atoms with E-state index < -0.39 is 0 Å². The van der Waals surface area contributed by atoms with Crippen LogP contribution in [0.2, 0.25) is 5.02 Å². The van der Waals surface area contributed by atoms with Crippen LogP contribution >= 0.6 is 11.6 Å². The summed E-state index contributed by atoms with van der Waals surface area (Å²) in [6.45, 7) is 7.52. The van der Waals surface area contributed by atoms with Crippen LogP contribution in [0.25, 0.3) is 0 Å². The average Bonchev–Trinajstić information content (AvgIpc) is 2.37. The van der Waals surface area contributed by atoms with Crippen molar-refractivity contribution in [2.75, 3.05) is 6.54 Å². The summed E-state index contributed by atoms with van der Waals surface area (Å²) in [6.07, 6.45) is 4.04. The highest BCUT2D eigenvalue weighted by Gasteiger charge is 2.19. The maximum Gasteiger partial charge on any atom is 0.127 e. The Balaban J connectivity index is 2.81. The zero-order valence-corrected chi connectivity index (χ0v) is 12.9. The molecule has 0 saturated heterocycles. The van der Waals surface area contributed by atoms with Gasteiger partial charge in [-0.25, -0.2) is 4.39 Å². The van der Waals surface area contributed by atoms with Crippen LogP contribution in [0.3, 0.4) is 0 Å². The molecule has 0 heterocycles. The van der Waals surface area contributed by atoms with E-state index in [1.54, 1.807) is 12.1 Å². The molecule has 0 fully saturated rings. The highest BCUT2D eigenvalue weighted by atomic mass is 35.5. The Hall–Kier alpha value is -0.600. The standard InChI is InChI=1S/C16H25ClFN/c1-4-7-12(3)16(19-10-5-2)11-13-14(17)8-6-9-15(13)18/h6,8-9,12,16,19H,4-5,7,10-11H2,1-3H3. The molecule has 0 aliphatic carbocycles. The van der Waals surface area contributed by atoms with Crippen LogP contribution in [0.5, 0.6) is 0 Å². The molecule has 0 aromatic heterocycles. The lowest BCUT2D eigenvalue weighted by atomic mass is 9.91. The first-order valence-corrected chi connectivity index (χ1v) is 7.64. The number of halogens is 2. The summed E-state index contributed by atoms with van der Waals surface area (Å²) in [5.74, 6) is 0.326. The van der Waals surface area contributed by atoms with Crippen molar-refractivity contribution in [3.63, 3.8) is 0 Å². The zero-order valence-electron chi connectivity index (χ0n) is 12.2. The Bertz CT molecular complexity index is 361. The fourth-order valence-electron chi connectivity index (χ4n) is 2.41. The monoisotopic (exact) mass is 285 g/mol. The van der Waals surface area contributed by atoms with Crippen molar-refractivity contribution in [1.29, 1.82) is 0 Å². The van der Waals surface area contributed by atoms with Crippen LogP contribution in [0.15, 0.2) is 18.2 Å².